The second-order valence-corrected chi connectivity index (χ2v) is 7.80. The van der Waals surface area contributed by atoms with Crippen LogP contribution in [0.4, 0.5) is 0 Å². The summed E-state index contributed by atoms with van der Waals surface area (Å²) < 4.78 is 0. The van der Waals surface area contributed by atoms with Crippen LogP contribution < -0.4 is 0 Å². The Morgan fingerprint density at radius 3 is 2.16 bits per heavy atom. The van der Waals surface area contributed by atoms with Crippen LogP contribution in [0.5, 0.6) is 0 Å². The first-order valence-corrected chi connectivity index (χ1v) is 8.26. The normalized spacial score (nSPS) is 23.6. The molecule has 1 aliphatic carbocycles. The summed E-state index contributed by atoms with van der Waals surface area (Å²) in [7, 11) is 0. The molecule has 0 N–H and O–H groups in total. The molecule has 0 spiro atoms. The van der Waals surface area contributed by atoms with Gasteiger partial charge in [-0.15, -0.1) is 0 Å². The van der Waals surface area contributed by atoms with Gasteiger partial charge in [0.15, 0.2) is 0 Å². The van der Waals surface area contributed by atoms with Crippen molar-refractivity contribution in [2.24, 2.45) is 17.3 Å². The van der Waals surface area contributed by atoms with E-state index in [1.54, 1.807) is 0 Å². The maximum atomic E-state index is 12.8. The minimum absolute atomic E-state index is 0.261. The zero-order valence-corrected chi connectivity index (χ0v) is 13.1. The first-order valence-electron chi connectivity index (χ1n) is 8.26. The number of carbonyl (C=O) groups excluding carboxylic acids is 1. The van der Waals surface area contributed by atoms with Gasteiger partial charge in [-0.05, 0) is 43.4 Å². The third-order valence-corrected chi connectivity index (χ3v) is 4.79. The molecule has 1 saturated carbocycles. The SMILES string of the molecule is CC(C)(C)C[C@H](C(=O)N1CCCC1)C1CCCCC1. The summed E-state index contributed by atoms with van der Waals surface area (Å²) in [6.07, 6.45) is 10.1. The molecule has 0 aromatic carbocycles. The van der Waals surface area contributed by atoms with Crippen LogP contribution in [0.2, 0.25) is 0 Å². The van der Waals surface area contributed by atoms with E-state index in [-0.39, 0.29) is 5.41 Å². The fourth-order valence-corrected chi connectivity index (χ4v) is 3.82. The Bertz CT molecular complexity index is 293. The summed E-state index contributed by atoms with van der Waals surface area (Å²) in [5.74, 6) is 1.42. The summed E-state index contributed by atoms with van der Waals surface area (Å²) in [6, 6.07) is 0. The maximum absolute atomic E-state index is 12.8. The number of rotatable bonds is 3. The zero-order chi connectivity index (χ0) is 13.9. The standard InChI is InChI=1S/C17H31NO/c1-17(2,3)13-15(14-9-5-4-6-10-14)16(19)18-11-7-8-12-18/h14-15H,4-13H2,1-3H3/t15-/m0/s1. The lowest BCUT2D eigenvalue weighted by molar-refractivity contribution is -0.138. The van der Waals surface area contributed by atoms with Crippen LogP contribution in [-0.4, -0.2) is 23.9 Å². The predicted octanol–water partition coefficient (Wildman–Crippen LogP) is 4.24. The van der Waals surface area contributed by atoms with Crippen molar-refractivity contribution < 1.29 is 4.79 Å². The minimum atomic E-state index is 0.261. The van der Waals surface area contributed by atoms with Crippen molar-refractivity contribution in [1.82, 2.24) is 4.90 Å². The van der Waals surface area contributed by atoms with E-state index in [1.807, 2.05) is 0 Å². The molecule has 1 amide bonds. The lowest BCUT2D eigenvalue weighted by Crippen LogP contribution is -2.39. The van der Waals surface area contributed by atoms with E-state index in [4.69, 9.17) is 0 Å². The number of carbonyl (C=O) groups is 1. The molecule has 0 aromatic heterocycles. The van der Waals surface area contributed by atoms with Gasteiger partial charge in [-0.2, -0.15) is 0 Å². The zero-order valence-electron chi connectivity index (χ0n) is 13.1. The fourth-order valence-electron chi connectivity index (χ4n) is 3.82. The number of amides is 1. The van der Waals surface area contributed by atoms with Gasteiger partial charge in [0.05, 0.1) is 0 Å². The molecule has 1 heterocycles. The van der Waals surface area contributed by atoms with Crippen LogP contribution in [0.1, 0.15) is 72.1 Å². The summed E-state index contributed by atoms with van der Waals surface area (Å²) in [5.41, 5.74) is 0.261. The smallest absolute Gasteiger partial charge is 0.225 e. The van der Waals surface area contributed by atoms with Crippen molar-refractivity contribution >= 4 is 5.91 Å². The third kappa shape index (κ3) is 4.22. The maximum Gasteiger partial charge on any atom is 0.225 e. The van der Waals surface area contributed by atoms with Gasteiger partial charge >= 0.3 is 0 Å². The average Bonchev–Trinajstić information content (AvgIpc) is 2.89. The second-order valence-electron chi connectivity index (χ2n) is 7.80. The van der Waals surface area contributed by atoms with E-state index >= 15 is 0 Å². The van der Waals surface area contributed by atoms with E-state index in [0.29, 0.717) is 17.7 Å². The van der Waals surface area contributed by atoms with Crippen molar-refractivity contribution in [2.75, 3.05) is 13.1 Å². The quantitative estimate of drug-likeness (QED) is 0.747. The van der Waals surface area contributed by atoms with Gasteiger partial charge < -0.3 is 4.90 Å². The van der Waals surface area contributed by atoms with Gasteiger partial charge in [-0.1, -0.05) is 40.0 Å². The molecule has 0 aromatic rings. The Hall–Kier alpha value is -0.530. The highest BCUT2D eigenvalue weighted by Gasteiger charge is 2.35. The molecule has 110 valence electrons. The molecular formula is C17H31NO. The Kier molecular flexibility index (Phi) is 4.92. The molecule has 1 saturated heterocycles. The molecule has 0 bridgehead atoms. The highest BCUT2D eigenvalue weighted by molar-refractivity contribution is 5.79. The third-order valence-electron chi connectivity index (χ3n) is 4.79. The fraction of sp³-hybridized carbons (Fsp3) is 0.941. The lowest BCUT2D eigenvalue weighted by Gasteiger charge is -2.35. The van der Waals surface area contributed by atoms with Crippen LogP contribution in [0, 0.1) is 17.3 Å². The Morgan fingerprint density at radius 1 is 1.05 bits per heavy atom. The van der Waals surface area contributed by atoms with Crippen LogP contribution in [0.3, 0.4) is 0 Å². The van der Waals surface area contributed by atoms with E-state index in [2.05, 4.69) is 25.7 Å². The van der Waals surface area contributed by atoms with Crippen molar-refractivity contribution in [3.8, 4) is 0 Å². The van der Waals surface area contributed by atoms with Crippen molar-refractivity contribution in [1.29, 1.82) is 0 Å². The summed E-state index contributed by atoms with van der Waals surface area (Å²) >= 11 is 0. The Morgan fingerprint density at radius 2 is 1.63 bits per heavy atom. The molecule has 2 heteroatoms. The van der Waals surface area contributed by atoms with Gasteiger partial charge in [0, 0.05) is 19.0 Å². The van der Waals surface area contributed by atoms with E-state index in [1.165, 1.54) is 44.9 Å². The minimum Gasteiger partial charge on any atom is -0.342 e. The Labute approximate surface area is 118 Å². The highest BCUT2D eigenvalue weighted by Crippen LogP contribution is 2.38. The van der Waals surface area contributed by atoms with Gasteiger partial charge in [0.25, 0.3) is 0 Å². The first-order chi connectivity index (χ1) is 8.97. The van der Waals surface area contributed by atoms with Crippen LogP contribution >= 0.6 is 0 Å². The van der Waals surface area contributed by atoms with Crippen molar-refractivity contribution in [3.63, 3.8) is 0 Å². The highest BCUT2D eigenvalue weighted by atomic mass is 16.2. The largest absolute Gasteiger partial charge is 0.342 e. The van der Waals surface area contributed by atoms with E-state index < -0.39 is 0 Å². The van der Waals surface area contributed by atoms with Gasteiger partial charge in [-0.3, -0.25) is 4.79 Å². The van der Waals surface area contributed by atoms with Crippen LogP contribution in [0.15, 0.2) is 0 Å². The summed E-state index contributed by atoms with van der Waals surface area (Å²) in [5, 5.41) is 0. The van der Waals surface area contributed by atoms with Gasteiger partial charge in [-0.25, -0.2) is 0 Å². The van der Waals surface area contributed by atoms with E-state index in [0.717, 1.165) is 19.5 Å². The molecule has 2 nitrogen and oxygen atoms in total. The van der Waals surface area contributed by atoms with Crippen LogP contribution in [-0.2, 0) is 4.79 Å². The van der Waals surface area contributed by atoms with Gasteiger partial charge in [0.2, 0.25) is 5.91 Å². The molecule has 1 aliphatic heterocycles. The molecule has 19 heavy (non-hydrogen) atoms. The monoisotopic (exact) mass is 265 g/mol. The number of likely N-dealkylation sites (tertiary alicyclic amines) is 1. The van der Waals surface area contributed by atoms with E-state index in [9.17, 15) is 4.79 Å². The average molecular weight is 265 g/mol. The number of hydrogen-bond acceptors (Lipinski definition) is 1. The number of nitrogens with zero attached hydrogens (tertiary/aromatic N) is 1. The van der Waals surface area contributed by atoms with Crippen molar-refractivity contribution in [3.05, 3.63) is 0 Å². The molecule has 2 rings (SSSR count). The lowest BCUT2D eigenvalue weighted by atomic mass is 9.72. The molecule has 0 unspecified atom stereocenters. The van der Waals surface area contributed by atoms with Crippen molar-refractivity contribution in [2.45, 2.75) is 72.1 Å². The first kappa shape index (κ1) is 14.9. The summed E-state index contributed by atoms with van der Waals surface area (Å²) in [6.45, 7) is 8.85. The predicted molar refractivity (Wildman–Crippen MR) is 80.0 cm³/mol. The number of hydrogen-bond donors (Lipinski definition) is 0. The topological polar surface area (TPSA) is 20.3 Å². The molecule has 1 atom stereocenters. The molecule has 0 radical (unpaired) electrons. The second kappa shape index (κ2) is 6.28. The Balaban J connectivity index is 2.05. The molecular weight excluding hydrogens is 234 g/mol. The molecule has 2 fully saturated rings. The molecule has 2 aliphatic rings. The van der Waals surface area contributed by atoms with Gasteiger partial charge in [0.1, 0.15) is 0 Å². The van der Waals surface area contributed by atoms with Crippen LogP contribution in [0.25, 0.3) is 0 Å². The summed E-state index contributed by atoms with van der Waals surface area (Å²) in [4.78, 5) is 15.0.